The third-order valence-corrected chi connectivity index (χ3v) is 6.57. The lowest BCUT2D eigenvalue weighted by Crippen LogP contribution is -2.38. The highest BCUT2D eigenvalue weighted by molar-refractivity contribution is 7.85. The Kier molecular flexibility index (Phi) is 6.72. The number of piperidine rings is 1. The van der Waals surface area contributed by atoms with Gasteiger partial charge in [-0.05, 0) is 74.3 Å². The van der Waals surface area contributed by atoms with E-state index in [0.717, 1.165) is 44.5 Å². The van der Waals surface area contributed by atoms with E-state index in [9.17, 15) is 21.8 Å². The van der Waals surface area contributed by atoms with Crippen LogP contribution in [0.2, 0.25) is 0 Å². The molecule has 1 unspecified atom stereocenters. The molecule has 0 spiro atoms. The first-order valence-corrected chi connectivity index (χ1v) is 10.2. The van der Waals surface area contributed by atoms with Crippen LogP contribution in [-0.2, 0) is 17.2 Å². The van der Waals surface area contributed by atoms with E-state index in [4.69, 9.17) is 0 Å². The van der Waals surface area contributed by atoms with Crippen LogP contribution in [-0.4, -0.2) is 40.4 Å². The van der Waals surface area contributed by atoms with Gasteiger partial charge in [0.2, 0.25) is 0 Å². The molecule has 0 bridgehead atoms. The van der Waals surface area contributed by atoms with Crippen molar-refractivity contribution in [1.29, 1.82) is 0 Å². The van der Waals surface area contributed by atoms with Crippen molar-refractivity contribution in [2.45, 2.75) is 35.8 Å². The molecule has 1 heterocycles. The molecule has 1 aliphatic rings. The molecule has 0 amide bonds. The quantitative estimate of drug-likeness (QED) is 0.649. The second-order valence-corrected chi connectivity index (χ2v) is 8.47. The zero-order chi connectivity index (χ0) is 20.1. The number of alkyl halides is 3. The van der Waals surface area contributed by atoms with Crippen molar-refractivity contribution in [3.8, 4) is 5.75 Å². The summed E-state index contributed by atoms with van der Waals surface area (Å²) >= 11 is 0. The molecule has 2 aromatic rings. The third-order valence-electron chi connectivity index (χ3n) is 4.76. The molecule has 8 heteroatoms. The fourth-order valence-corrected chi connectivity index (χ4v) is 4.68. The van der Waals surface area contributed by atoms with E-state index in [1.165, 1.54) is 36.4 Å². The molecule has 0 N–H and O–H groups in total. The number of benzene rings is 2. The van der Waals surface area contributed by atoms with Gasteiger partial charge in [0, 0.05) is 16.7 Å². The molecule has 152 valence electrons. The first kappa shape index (κ1) is 20.8. The Bertz CT molecular complexity index is 785. The number of nitrogens with zero attached hydrogens (tertiary/aromatic N) is 1. The average molecular weight is 415 g/mol. The minimum absolute atomic E-state index is 0.0172. The summed E-state index contributed by atoms with van der Waals surface area (Å²) in [4.78, 5) is 2.80. The van der Waals surface area contributed by atoms with E-state index in [2.05, 4.69) is 9.64 Å². The molecule has 1 atom stereocenters. The highest BCUT2D eigenvalue weighted by atomic mass is 32.2. The SMILES string of the molecule is O=S(c1ccc(OC(F)(F)F)cc1)C1CCN(CCc2ccc(F)cc2)CC1. The number of ether oxygens (including phenoxy) is 1. The van der Waals surface area contributed by atoms with Crippen LogP contribution in [0.15, 0.2) is 53.4 Å². The topological polar surface area (TPSA) is 29.5 Å². The Morgan fingerprint density at radius 2 is 1.61 bits per heavy atom. The lowest BCUT2D eigenvalue weighted by atomic mass is 10.1. The number of likely N-dealkylation sites (tertiary alicyclic amines) is 1. The fraction of sp³-hybridized carbons (Fsp3) is 0.400. The fourth-order valence-electron chi connectivity index (χ4n) is 3.25. The summed E-state index contributed by atoms with van der Waals surface area (Å²) in [6, 6.07) is 11.7. The molecule has 1 fully saturated rings. The molecule has 0 aromatic heterocycles. The van der Waals surface area contributed by atoms with E-state index < -0.39 is 17.2 Å². The van der Waals surface area contributed by atoms with Gasteiger partial charge in [0.1, 0.15) is 11.6 Å². The number of hydrogen-bond donors (Lipinski definition) is 0. The van der Waals surface area contributed by atoms with Gasteiger partial charge in [-0.25, -0.2) is 4.39 Å². The first-order chi connectivity index (χ1) is 13.3. The van der Waals surface area contributed by atoms with E-state index in [-0.39, 0.29) is 16.8 Å². The summed E-state index contributed by atoms with van der Waals surface area (Å²) in [7, 11) is -1.26. The summed E-state index contributed by atoms with van der Waals surface area (Å²) in [5.41, 5.74) is 1.08. The molecule has 2 aromatic carbocycles. The van der Waals surface area contributed by atoms with Crippen molar-refractivity contribution in [3.05, 3.63) is 59.9 Å². The molecule has 0 saturated carbocycles. The number of hydrogen-bond acceptors (Lipinski definition) is 3. The zero-order valence-corrected chi connectivity index (χ0v) is 15.9. The van der Waals surface area contributed by atoms with Crippen LogP contribution < -0.4 is 4.74 Å². The van der Waals surface area contributed by atoms with Crippen LogP contribution >= 0.6 is 0 Å². The molecule has 0 aliphatic carbocycles. The van der Waals surface area contributed by atoms with Crippen molar-refractivity contribution >= 4 is 10.8 Å². The van der Waals surface area contributed by atoms with Crippen molar-refractivity contribution < 1.29 is 26.5 Å². The predicted octanol–water partition coefficient (Wildman–Crippen LogP) is 4.54. The Morgan fingerprint density at radius 3 is 2.18 bits per heavy atom. The second kappa shape index (κ2) is 9.05. The Hall–Kier alpha value is -1.93. The van der Waals surface area contributed by atoms with Crippen LogP contribution in [0.3, 0.4) is 0 Å². The summed E-state index contributed by atoms with van der Waals surface area (Å²) < 4.78 is 66.1. The molecular formula is C20H21F4NO2S. The normalized spacial score (nSPS) is 17.4. The van der Waals surface area contributed by atoms with Gasteiger partial charge < -0.3 is 9.64 Å². The van der Waals surface area contributed by atoms with Crippen LogP contribution in [0.4, 0.5) is 17.6 Å². The lowest BCUT2D eigenvalue weighted by Gasteiger charge is -2.31. The van der Waals surface area contributed by atoms with Crippen LogP contribution in [0.25, 0.3) is 0 Å². The Morgan fingerprint density at radius 1 is 1.00 bits per heavy atom. The number of rotatable bonds is 6. The highest BCUT2D eigenvalue weighted by Crippen LogP contribution is 2.26. The van der Waals surface area contributed by atoms with E-state index in [1.54, 1.807) is 12.1 Å². The molecule has 0 radical (unpaired) electrons. The van der Waals surface area contributed by atoms with E-state index in [1.807, 2.05) is 0 Å². The van der Waals surface area contributed by atoms with Crippen LogP contribution in [0, 0.1) is 5.82 Å². The minimum Gasteiger partial charge on any atom is -0.406 e. The average Bonchev–Trinajstić information content (AvgIpc) is 2.67. The summed E-state index contributed by atoms with van der Waals surface area (Å²) in [5.74, 6) is -0.561. The molecule has 28 heavy (non-hydrogen) atoms. The van der Waals surface area contributed by atoms with Crippen molar-refractivity contribution in [3.63, 3.8) is 0 Å². The maximum Gasteiger partial charge on any atom is 0.573 e. The third kappa shape index (κ3) is 6.04. The molecule has 3 rings (SSSR count). The molecule has 1 aliphatic heterocycles. The maximum absolute atomic E-state index is 12.9. The highest BCUT2D eigenvalue weighted by Gasteiger charge is 2.31. The van der Waals surface area contributed by atoms with Gasteiger partial charge in [0.15, 0.2) is 0 Å². The summed E-state index contributed by atoms with van der Waals surface area (Å²) in [6.45, 7) is 2.48. The number of halogens is 4. The zero-order valence-electron chi connectivity index (χ0n) is 15.1. The van der Waals surface area contributed by atoms with Gasteiger partial charge in [0.05, 0.1) is 10.8 Å². The smallest absolute Gasteiger partial charge is 0.406 e. The van der Waals surface area contributed by atoms with Gasteiger partial charge in [-0.2, -0.15) is 0 Å². The van der Waals surface area contributed by atoms with Crippen LogP contribution in [0.1, 0.15) is 18.4 Å². The molecular weight excluding hydrogens is 394 g/mol. The van der Waals surface area contributed by atoms with E-state index >= 15 is 0 Å². The Labute approximate surface area is 163 Å². The van der Waals surface area contributed by atoms with Gasteiger partial charge >= 0.3 is 6.36 Å². The van der Waals surface area contributed by atoms with Crippen molar-refractivity contribution in [2.24, 2.45) is 0 Å². The summed E-state index contributed by atoms with van der Waals surface area (Å²) in [6.07, 6.45) is -2.39. The Balaban J connectivity index is 1.47. The maximum atomic E-state index is 12.9. The monoisotopic (exact) mass is 415 g/mol. The van der Waals surface area contributed by atoms with Gasteiger partial charge in [-0.3, -0.25) is 4.21 Å². The minimum atomic E-state index is -4.73. The van der Waals surface area contributed by atoms with Gasteiger partial charge in [-0.1, -0.05) is 12.1 Å². The van der Waals surface area contributed by atoms with Gasteiger partial charge in [0.25, 0.3) is 0 Å². The molecule has 1 saturated heterocycles. The second-order valence-electron chi connectivity index (χ2n) is 6.73. The molecule has 3 nitrogen and oxygen atoms in total. The van der Waals surface area contributed by atoms with Crippen molar-refractivity contribution in [2.75, 3.05) is 19.6 Å². The first-order valence-electron chi connectivity index (χ1n) is 9.03. The largest absolute Gasteiger partial charge is 0.573 e. The van der Waals surface area contributed by atoms with Gasteiger partial charge in [-0.15, -0.1) is 13.2 Å². The summed E-state index contributed by atoms with van der Waals surface area (Å²) in [5, 5.41) is -0.0172. The van der Waals surface area contributed by atoms with E-state index in [0.29, 0.717) is 4.90 Å². The van der Waals surface area contributed by atoms with Crippen molar-refractivity contribution in [1.82, 2.24) is 4.90 Å². The lowest BCUT2D eigenvalue weighted by molar-refractivity contribution is -0.274. The van der Waals surface area contributed by atoms with Crippen LogP contribution in [0.5, 0.6) is 5.75 Å². The predicted molar refractivity (Wildman–Crippen MR) is 99.1 cm³/mol. The standard InChI is InChI=1S/C20H21F4NO2S/c21-16-3-1-15(2-4-16)9-12-25-13-10-19(11-14-25)28(26)18-7-5-17(6-8-18)27-20(22,23)24/h1-8,19H,9-14H2.